The number of aliphatic hydroxyl groups is 1. The number of aromatic hydroxyl groups is 1. The van der Waals surface area contributed by atoms with Crippen molar-refractivity contribution >= 4 is 22.7 Å². The van der Waals surface area contributed by atoms with Crippen molar-refractivity contribution in [2.75, 3.05) is 50.8 Å². The molecule has 2 fully saturated rings. The summed E-state index contributed by atoms with van der Waals surface area (Å²) in [6.07, 6.45) is 1.64. The van der Waals surface area contributed by atoms with Gasteiger partial charge in [-0.3, -0.25) is 9.58 Å². The molecule has 0 bridgehead atoms. The molecular formula is C36H46N6O5. The highest BCUT2D eigenvalue weighted by molar-refractivity contribution is 5.96. The molecule has 2 aliphatic heterocycles. The molecule has 0 unspecified atom stereocenters. The Bertz CT molecular complexity index is 1680. The predicted octanol–water partition coefficient (Wildman–Crippen LogP) is 5.05. The topological polar surface area (TPSA) is 116 Å². The van der Waals surface area contributed by atoms with E-state index in [-0.39, 0.29) is 24.6 Å². The molecule has 2 N–H and O–H groups in total. The summed E-state index contributed by atoms with van der Waals surface area (Å²) in [5.74, 6) is 0.702. The Morgan fingerprint density at radius 1 is 1.00 bits per heavy atom. The summed E-state index contributed by atoms with van der Waals surface area (Å²) in [5.41, 5.74) is 4.02. The van der Waals surface area contributed by atoms with Crippen LogP contribution in [-0.4, -0.2) is 98.4 Å². The predicted molar refractivity (Wildman–Crippen MR) is 182 cm³/mol. The Hall–Kier alpha value is -4.35. The molecule has 11 nitrogen and oxygen atoms in total. The van der Waals surface area contributed by atoms with Crippen LogP contribution in [0.4, 0.5) is 10.5 Å². The molecule has 4 heterocycles. The van der Waals surface area contributed by atoms with E-state index in [2.05, 4.69) is 33.0 Å². The number of anilines is 1. The molecule has 2 aliphatic rings. The zero-order valence-corrected chi connectivity index (χ0v) is 27.8. The van der Waals surface area contributed by atoms with E-state index in [0.717, 1.165) is 66.9 Å². The van der Waals surface area contributed by atoms with Crippen molar-refractivity contribution in [1.29, 1.82) is 0 Å². The Balaban J connectivity index is 1.12. The third-order valence-electron chi connectivity index (χ3n) is 9.09. The van der Waals surface area contributed by atoms with Crippen molar-refractivity contribution < 1.29 is 24.5 Å². The average molecular weight is 643 g/mol. The lowest BCUT2D eigenvalue weighted by atomic mass is 9.95. The number of aliphatic hydroxyl groups excluding tert-OH is 1. The molecule has 0 saturated carbocycles. The van der Waals surface area contributed by atoms with E-state index in [0.29, 0.717) is 37.1 Å². The Labute approximate surface area is 276 Å². The van der Waals surface area contributed by atoms with Gasteiger partial charge in [0.05, 0.1) is 23.7 Å². The van der Waals surface area contributed by atoms with Gasteiger partial charge in [0.25, 0.3) is 0 Å². The Morgan fingerprint density at radius 2 is 1.77 bits per heavy atom. The smallest absolute Gasteiger partial charge is 0.410 e. The van der Waals surface area contributed by atoms with Crippen molar-refractivity contribution in [3.63, 3.8) is 0 Å². The molecule has 2 saturated heterocycles. The van der Waals surface area contributed by atoms with Gasteiger partial charge in [-0.1, -0.05) is 30.3 Å². The van der Waals surface area contributed by atoms with Gasteiger partial charge in [-0.2, -0.15) is 10.1 Å². The van der Waals surface area contributed by atoms with Crippen LogP contribution in [0.5, 0.6) is 11.8 Å². The summed E-state index contributed by atoms with van der Waals surface area (Å²) in [4.78, 5) is 23.4. The first-order valence-corrected chi connectivity index (χ1v) is 16.5. The highest BCUT2D eigenvalue weighted by atomic mass is 16.6. The number of benzene rings is 2. The van der Waals surface area contributed by atoms with Gasteiger partial charge in [-0.05, 0) is 69.4 Å². The fourth-order valence-electron chi connectivity index (χ4n) is 6.59. The van der Waals surface area contributed by atoms with Crippen molar-refractivity contribution in [3.8, 4) is 23.0 Å². The minimum absolute atomic E-state index is 0.0258. The van der Waals surface area contributed by atoms with Crippen LogP contribution in [0, 0.1) is 5.92 Å². The number of rotatable bonds is 8. The number of ether oxygens (including phenoxy) is 2. The molecule has 6 rings (SSSR count). The molecular weight excluding hydrogens is 596 g/mol. The van der Waals surface area contributed by atoms with Crippen LogP contribution in [-0.2, 0) is 18.4 Å². The number of amides is 1. The number of likely N-dealkylation sites (tertiary alicyclic amines) is 1. The number of fused-ring (bicyclic) bond motifs is 1. The summed E-state index contributed by atoms with van der Waals surface area (Å²) >= 11 is 0. The largest absolute Gasteiger partial charge is 0.493 e. The highest BCUT2D eigenvalue weighted by Gasteiger charge is 2.32. The molecule has 0 aliphatic carbocycles. The first-order valence-electron chi connectivity index (χ1n) is 16.5. The van der Waals surface area contributed by atoms with E-state index in [1.165, 1.54) is 0 Å². The summed E-state index contributed by atoms with van der Waals surface area (Å²) in [6, 6.07) is 19.6. The summed E-state index contributed by atoms with van der Waals surface area (Å²) in [7, 11) is 1.93. The lowest BCUT2D eigenvalue weighted by molar-refractivity contribution is 0.0149. The fraction of sp³-hybridized carbons (Fsp3) is 0.472. The van der Waals surface area contributed by atoms with Gasteiger partial charge in [0.1, 0.15) is 17.9 Å². The van der Waals surface area contributed by atoms with E-state index >= 15 is 0 Å². The van der Waals surface area contributed by atoms with Crippen LogP contribution in [0.15, 0.2) is 60.7 Å². The van der Waals surface area contributed by atoms with E-state index in [4.69, 9.17) is 14.6 Å². The Kier molecular flexibility index (Phi) is 9.56. The SMILES string of the molecule is Cn1nc(-c2ccc(O)nc2OCc2ccccc2)c2ccc(N3CCN(CC4CCN(C(=O)OC(C)(C)C)CC4)[C@H](CO)C3)cc21. The van der Waals surface area contributed by atoms with Gasteiger partial charge in [-0.25, -0.2) is 4.79 Å². The molecule has 0 spiro atoms. The maximum atomic E-state index is 12.5. The maximum absolute atomic E-state index is 12.5. The number of piperidine rings is 1. The lowest BCUT2D eigenvalue weighted by Crippen LogP contribution is -2.56. The van der Waals surface area contributed by atoms with Crippen LogP contribution in [0.1, 0.15) is 39.2 Å². The average Bonchev–Trinajstić information content (AvgIpc) is 3.39. The first kappa shape index (κ1) is 32.6. The quantitative estimate of drug-likeness (QED) is 0.272. The van der Waals surface area contributed by atoms with Crippen molar-refractivity contribution in [1.82, 2.24) is 24.6 Å². The van der Waals surface area contributed by atoms with Crippen molar-refractivity contribution in [2.24, 2.45) is 13.0 Å². The molecule has 250 valence electrons. The van der Waals surface area contributed by atoms with Gasteiger partial charge in [0.15, 0.2) is 0 Å². The third kappa shape index (κ3) is 7.63. The maximum Gasteiger partial charge on any atom is 0.410 e. The third-order valence-corrected chi connectivity index (χ3v) is 9.09. The zero-order valence-electron chi connectivity index (χ0n) is 27.8. The van der Waals surface area contributed by atoms with Gasteiger partial charge < -0.3 is 29.5 Å². The summed E-state index contributed by atoms with van der Waals surface area (Å²) in [6.45, 7) is 10.9. The van der Waals surface area contributed by atoms with E-state index in [9.17, 15) is 15.0 Å². The van der Waals surface area contributed by atoms with Gasteiger partial charge in [0.2, 0.25) is 11.8 Å². The lowest BCUT2D eigenvalue weighted by Gasteiger charge is -2.44. The second kappa shape index (κ2) is 13.8. The van der Waals surface area contributed by atoms with Crippen LogP contribution in [0.2, 0.25) is 0 Å². The Morgan fingerprint density at radius 3 is 2.49 bits per heavy atom. The van der Waals surface area contributed by atoms with Crippen molar-refractivity contribution in [3.05, 3.63) is 66.2 Å². The molecule has 0 radical (unpaired) electrons. The molecule has 47 heavy (non-hydrogen) atoms. The van der Waals surface area contributed by atoms with Gasteiger partial charge >= 0.3 is 6.09 Å². The normalized spacial score (nSPS) is 18.1. The number of aryl methyl sites for hydroxylation is 1. The number of carbonyl (C=O) groups is 1. The van der Waals surface area contributed by atoms with E-state index in [1.807, 2.05) is 67.7 Å². The van der Waals surface area contributed by atoms with Gasteiger partial charge in [0, 0.05) is 63.5 Å². The first-order chi connectivity index (χ1) is 22.6. The number of nitrogens with zero attached hydrogens (tertiary/aromatic N) is 6. The number of hydrogen-bond donors (Lipinski definition) is 2. The van der Waals surface area contributed by atoms with Crippen LogP contribution in [0.3, 0.4) is 0 Å². The summed E-state index contributed by atoms with van der Waals surface area (Å²) < 4.78 is 13.5. The molecule has 11 heteroatoms. The monoisotopic (exact) mass is 642 g/mol. The van der Waals surface area contributed by atoms with E-state index in [1.54, 1.807) is 12.1 Å². The molecule has 2 aromatic heterocycles. The second-order valence-electron chi connectivity index (χ2n) is 13.7. The van der Waals surface area contributed by atoms with Gasteiger partial charge in [-0.15, -0.1) is 0 Å². The van der Waals surface area contributed by atoms with Crippen molar-refractivity contribution in [2.45, 2.75) is 51.9 Å². The number of aromatic nitrogens is 3. The number of hydrogen-bond acceptors (Lipinski definition) is 9. The molecule has 1 amide bonds. The minimum atomic E-state index is -0.489. The van der Waals surface area contributed by atoms with Crippen LogP contribution < -0.4 is 9.64 Å². The number of pyridine rings is 1. The second-order valence-corrected chi connectivity index (χ2v) is 13.7. The molecule has 1 atom stereocenters. The van der Waals surface area contributed by atoms with E-state index < -0.39 is 5.60 Å². The molecule has 2 aromatic carbocycles. The standard InChI is InChI=1S/C36H46N6O5/c1-36(2,3)47-35(45)40-16-14-25(15-17-40)21-41-18-19-42(22-28(41)23-43)27-10-11-29-31(20-27)39(4)38-33(29)30-12-13-32(44)37-34(30)46-24-26-8-6-5-7-9-26/h5-13,20,25,28,43H,14-19,21-24H2,1-4H3,(H,37,44)/t28-/m0/s1. The number of carbonyl (C=O) groups excluding carboxylic acids is 1. The molecule has 4 aromatic rings. The minimum Gasteiger partial charge on any atom is -0.493 e. The summed E-state index contributed by atoms with van der Waals surface area (Å²) in [5, 5.41) is 26.3. The van der Waals surface area contributed by atoms with Crippen LogP contribution in [0.25, 0.3) is 22.2 Å². The fourth-order valence-corrected chi connectivity index (χ4v) is 6.59. The zero-order chi connectivity index (χ0) is 33.1. The highest BCUT2D eigenvalue weighted by Crippen LogP contribution is 2.36. The van der Waals surface area contributed by atoms with Crippen LogP contribution >= 0.6 is 0 Å². The number of piperazine rings is 1.